The van der Waals surface area contributed by atoms with Gasteiger partial charge < -0.3 is 4.74 Å². The minimum Gasteiger partial charge on any atom is -0.481 e. The fourth-order valence-corrected chi connectivity index (χ4v) is 3.88. The van der Waals surface area contributed by atoms with Crippen LogP contribution in [0.1, 0.15) is 31.1 Å². The maximum Gasteiger partial charge on any atom is 0.273 e. The van der Waals surface area contributed by atoms with Gasteiger partial charge in [-0.05, 0) is 69.3 Å². The molecule has 146 valence electrons. The summed E-state index contributed by atoms with van der Waals surface area (Å²) in [7, 11) is 0. The lowest BCUT2D eigenvalue weighted by molar-refractivity contribution is -0.123. The fraction of sp³-hybridized carbons (Fsp3) is 0.286. The minimum atomic E-state index is -0.738. The third kappa shape index (κ3) is 4.75. The highest BCUT2D eigenvalue weighted by Gasteiger charge is 2.30. The lowest BCUT2D eigenvalue weighted by atomic mass is 10.1. The van der Waals surface area contributed by atoms with Gasteiger partial charge in [0, 0.05) is 16.3 Å². The van der Waals surface area contributed by atoms with Gasteiger partial charge >= 0.3 is 0 Å². The van der Waals surface area contributed by atoms with E-state index in [1.54, 1.807) is 72.1 Å². The molecule has 1 amide bonds. The van der Waals surface area contributed by atoms with Crippen LogP contribution in [0.4, 0.5) is 5.69 Å². The Balaban J connectivity index is 1.82. The summed E-state index contributed by atoms with van der Waals surface area (Å²) in [6.45, 7) is 5.22. The maximum atomic E-state index is 13.2. The lowest BCUT2D eigenvalue weighted by Gasteiger charge is -2.25. The summed E-state index contributed by atoms with van der Waals surface area (Å²) >= 11 is 7.54. The Morgan fingerprint density at radius 3 is 2.36 bits per heavy atom. The molecule has 1 aliphatic heterocycles. The van der Waals surface area contributed by atoms with E-state index >= 15 is 0 Å². The average molecular weight is 417 g/mol. The summed E-state index contributed by atoms with van der Waals surface area (Å²) in [4.78, 5) is 30.8. The predicted molar refractivity (Wildman–Crippen MR) is 115 cm³/mol. The van der Waals surface area contributed by atoms with Crippen LogP contribution < -0.4 is 9.64 Å². The number of aliphatic imine (C=N–C) groups is 1. The van der Waals surface area contributed by atoms with Crippen molar-refractivity contribution in [3.05, 3.63) is 59.1 Å². The van der Waals surface area contributed by atoms with E-state index in [1.807, 2.05) is 6.92 Å². The molecule has 0 unspecified atom stereocenters. The van der Waals surface area contributed by atoms with Gasteiger partial charge in [0.25, 0.3) is 5.91 Å². The molecule has 2 aromatic carbocycles. The van der Waals surface area contributed by atoms with Crippen molar-refractivity contribution in [2.45, 2.75) is 32.9 Å². The number of benzene rings is 2. The molecule has 1 aliphatic rings. The van der Waals surface area contributed by atoms with Crippen LogP contribution in [0.5, 0.6) is 5.75 Å². The first-order chi connectivity index (χ1) is 13.3. The number of Topliss-reactive ketones (excluding diaryl/α,β-unsaturated/α-hetero) is 1. The Kier molecular flexibility index (Phi) is 6.42. The maximum absolute atomic E-state index is 13.2. The first kappa shape index (κ1) is 20.4. The molecule has 0 N–H and O–H groups in total. The monoisotopic (exact) mass is 416 g/mol. The number of anilines is 1. The van der Waals surface area contributed by atoms with E-state index in [-0.39, 0.29) is 17.7 Å². The lowest BCUT2D eigenvalue weighted by Crippen LogP contribution is -2.43. The number of carbonyl (C=O) groups is 2. The third-order valence-electron chi connectivity index (χ3n) is 4.20. The van der Waals surface area contributed by atoms with Crippen molar-refractivity contribution in [1.82, 2.24) is 0 Å². The molecular weight excluding hydrogens is 396 g/mol. The van der Waals surface area contributed by atoms with Crippen LogP contribution in [0, 0.1) is 0 Å². The minimum absolute atomic E-state index is 0.0185. The number of amidine groups is 1. The van der Waals surface area contributed by atoms with E-state index in [0.717, 1.165) is 5.75 Å². The smallest absolute Gasteiger partial charge is 0.273 e. The van der Waals surface area contributed by atoms with Gasteiger partial charge in [0.2, 0.25) is 0 Å². The van der Waals surface area contributed by atoms with Gasteiger partial charge in [-0.25, -0.2) is 0 Å². The Bertz CT molecular complexity index is 897. The van der Waals surface area contributed by atoms with Gasteiger partial charge in [0.1, 0.15) is 5.75 Å². The number of ketones is 1. The van der Waals surface area contributed by atoms with Crippen LogP contribution in [0.15, 0.2) is 53.5 Å². The molecule has 0 aliphatic carbocycles. The number of nitrogens with zero attached hydrogens (tertiary/aromatic N) is 2. The van der Waals surface area contributed by atoms with E-state index in [4.69, 9.17) is 16.3 Å². The largest absolute Gasteiger partial charge is 0.481 e. The SMILES string of the molecule is CC(=O)c1ccc(O[C@@H](C)C(=O)N(C2=N[C@@H](C)CS2)c2ccc(Cl)cc2)cc1. The quantitative estimate of drug-likeness (QED) is 0.654. The summed E-state index contributed by atoms with van der Waals surface area (Å²) in [5, 5.41) is 1.25. The Morgan fingerprint density at radius 2 is 1.82 bits per heavy atom. The summed E-state index contributed by atoms with van der Waals surface area (Å²) in [5.74, 6) is 1.11. The van der Waals surface area contributed by atoms with Gasteiger partial charge in [0.15, 0.2) is 17.1 Å². The number of amides is 1. The van der Waals surface area contributed by atoms with E-state index in [2.05, 4.69) is 4.99 Å². The summed E-state index contributed by atoms with van der Waals surface area (Å²) in [6.07, 6.45) is -0.738. The van der Waals surface area contributed by atoms with Crippen LogP contribution in [0.3, 0.4) is 0 Å². The van der Waals surface area contributed by atoms with Gasteiger partial charge in [-0.15, -0.1) is 0 Å². The molecular formula is C21H21ClN2O3S. The molecule has 1 heterocycles. The van der Waals surface area contributed by atoms with Crippen molar-refractivity contribution in [2.75, 3.05) is 10.7 Å². The number of ether oxygens (including phenoxy) is 1. The topological polar surface area (TPSA) is 59.0 Å². The first-order valence-electron chi connectivity index (χ1n) is 8.93. The van der Waals surface area contributed by atoms with Gasteiger partial charge in [-0.2, -0.15) is 0 Å². The Labute approximate surface area is 173 Å². The van der Waals surface area contributed by atoms with Crippen LogP contribution >= 0.6 is 23.4 Å². The summed E-state index contributed by atoms with van der Waals surface area (Å²) < 4.78 is 5.83. The van der Waals surface area contributed by atoms with Crippen LogP contribution in [-0.4, -0.2) is 34.8 Å². The second-order valence-corrected chi connectivity index (χ2v) is 7.99. The second-order valence-electron chi connectivity index (χ2n) is 6.56. The number of rotatable bonds is 5. The van der Waals surface area contributed by atoms with Gasteiger partial charge in [-0.3, -0.25) is 19.5 Å². The molecule has 0 spiro atoms. The fourth-order valence-electron chi connectivity index (χ4n) is 2.71. The highest BCUT2D eigenvalue weighted by Crippen LogP contribution is 2.28. The van der Waals surface area contributed by atoms with E-state index < -0.39 is 6.10 Å². The van der Waals surface area contributed by atoms with Crippen molar-refractivity contribution in [2.24, 2.45) is 4.99 Å². The van der Waals surface area contributed by atoms with Crippen molar-refractivity contribution in [3.8, 4) is 5.75 Å². The van der Waals surface area contributed by atoms with E-state index in [9.17, 15) is 9.59 Å². The predicted octanol–water partition coefficient (Wildman–Crippen LogP) is 4.83. The van der Waals surface area contributed by atoms with E-state index in [0.29, 0.717) is 27.2 Å². The number of halogens is 1. The standard InChI is InChI=1S/C21H21ClN2O3S/c1-13-12-28-21(23-13)24(18-8-6-17(22)7-9-18)20(26)15(3)27-19-10-4-16(5-11-19)14(2)25/h4-11,13,15H,12H2,1-3H3/t13-,15-/m0/s1. The second kappa shape index (κ2) is 8.80. The normalized spacial score (nSPS) is 17.0. The molecule has 2 atom stereocenters. The van der Waals surface area contributed by atoms with E-state index in [1.165, 1.54) is 6.92 Å². The number of hydrogen-bond acceptors (Lipinski definition) is 5. The van der Waals surface area contributed by atoms with Crippen LogP contribution in [0.2, 0.25) is 5.02 Å². The summed E-state index contributed by atoms with van der Waals surface area (Å²) in [5.41, 5.74) is 1.29. The molecule has 5 nitrogen and oxygen atoms in total. The summed E-state index contributed by atoms with van der Waals surface area (Å²) in [6, 6.07) is 14.0. The molecule has 3 rings (SSSR count). The van der Waals surface area contributed by atoms with Crippen molar-refractivity contribution in [1.29, 1.82) is 0 Å². The highest BCUT2D eigenvalue weighted by molar-refractivity contribution is 8.14. The van der Waals surface area contributed by atoms with Crippen molar-refractivity contribution >= 4 is 45.9 Å². The molecule has 0 saturated carbocycles. The zero-order chi connectivity index (χ0) is 20.3. The molecule has 0 radical (unpaired) electrons. The zero-order valence-corrected chi connectivity index (χ0v) is 17.5. The number of hydrogen-bond donors (Lipinski definition) is 0. The molecule has 2 aromatic rings. The number of carbonyl (C=O) groups excluding carboxylic acids is 2. The average Bonchev–Trinajstić information content (AvgIpc) is 3.09. The molecule has 0 aromatic heterocycles. The third-order valence-corrected chi connectivity index (χ3v) is 5.65. The Morgan fingerprint density at radius 1 is 1.18 bits per heavy atom. The first-order valence-corrected chi connectivity index (χ1v) is 10.3. The molecule has 0 fully saturated rings. The molecule has 0 saturated heterocycles. The Hall–Kier alpha value is -2.31. The van der Waals surface area contributed by atoms with Crippen LogP contribution in [0.25, 0.3) is 0 Å². The van der Waals surface area contributed by atoms with Crippen LogP contribution in [-0.2, 0) is 4.79 Å². The van der Waals surface area contributed by atoms with Crippen molar-refractivity contribution in [3.63, 3.8) is 0 Å². The van der Waals surface area contributed by atoms with Gasteiger partial charge in [-0.1, -0.05) is 23.4 Å². The molecule has 7 heteroatoms. The number of thioether (sulfide) groups is 1. The molecule has 0 bridgehead atoms. The van der Waals surface area contributed by atoms with Gasteiger partial charge in [0.05, 0.1) is 11.7 Å². The highest BCUT2D eigenvalue weighted by atomic mass is 35.5. The zero-order valence-electron chi connectivity index (χ0n) is 15.9. The van der Waals surface area contributed by atoms with Crippen molar-refractivity contribution < 1.29 is 14.3 Å². The molecule has 28 heavy (non-hydrogen) atoms.